The normalized spacial score (nSPS) is 11.0. The quantitative estimate of drug-likeness (QED) is 0.588. The number of fused-ring (bicyclic) bond motifs is 1. The fourth-order valence-electron chi connectivity index (χ4n) is 2.68. The van der Waals surface area contributed by atoms with Gasteiger partial charge in [-0.2, -0.15) is 0 Å². The summed E-state index contributed by atoms with van der Waals surface area (Å²) in [7, 11) is 0. The van der Waals surface area contributed by atoms with Crippen molar-refractivity contribution in [2.24, 2.45) is 0 Å². The highest BCUT2D eigenvalue weighted by Gasteiger charge is 2.18. The third-order valence-electron chi connectivity index (χ3n) is 3.77. The number of pyridine rings is 1. The number of halogens is 2. The van der Waals surface area contributed by atoms with Crippen molar-refractivity contribution in [3.8, 4) is 0 Å². The van der Waals surface area contributed by atoms with Gasteiger partial charge in [0.15, 0.2) is 0 Å². The van der Waals surface area contributed by atoms with E-state index in [-0.39, 0.29) is 5.91 Å². The molecule has 0 fully saturated rings. The van der Waals surface area contributed by atoms with E-state index in [1.807, 2.05) is 26.8 Å². The number of carbonyl (C=O) groups is 1. The third kappa shape index (κ3) is 2.95. The van der Waals surface area contributed by atoms with Crippen molar-refractivity contribution >= 4 is 62.0 Å². The highest BCUT2D eigenvalue weighted by atomic mass is 35.5. The smallest absolute Gasteiger partial charge is 0.266 e. The summed E-state index contributed by atoms with van der Waals surface area (Å²) in [5.74, 6) is -0.218. The first-order valence-corrected chi connectivity index (χ1v) is 8.78. The van der Waals surface area contributed by atoms with Crippen LogP contribution in [-0.4, -0.2) is 10.9 Å². The van der Waals surface area contributed by atoms with Crippen molar-refractivity contribution in [3.05, 3.63) is 49.9 Å². The van der Waals surface area contributed by atoms with Crippen LogP contribution in [0.2, 0.25) is 10.0 Å². The molecule has 2 aromatic heterocycles. The van der Waals surface area contributed by atoms with Crippen LogP contribution < -0.4 is 11.1 Å². The summed E-state index contributed by atoms with van der Waals surface area (Å²) in [4.78, 5) is 18.7. The molecule has 0 aliphatic heterocycles. The number of carbonyl (C=O) groups excluding carboxylic acids is 1. The molecular weight excluding hydrogens is 365 g/mol. The summed E-state index contributed by atoms with van der Waals surface area (Å²) in [5.41, 5.74) is 9.49. The number of hydrogen-bond donors (Lipinski definition) is 2. The predicted molar refractivity (Wildman–Crippen MR) is 103 cm³/mol. The summed E-state index contributed by atoms with van der Waals surface area (Å²) in [6, 6.07) is 5.18. The first-order valence-electron chi connectivity index (χ1n) is 7.21. The van der Waals surface area contributed by atoms with Crippen molar-refractivity contribution in [1.82, 2.24) is 4.98 Å². The van der Waals surface area contributed by atoms with Crippen LogP contribution in [0.4, 0.5) is 11.4 Å². The lowest BCUT2D eigenvalue weighted by Crippen LogP contribution is -2.11. The number of hydrogen-bond acceptors (Lipinski definition) is 4. The number of rotatable bonds is 2. The van der Waals surface area contributed by atoms with Gasteiger partial charge >= 0.3 is 0 Å². The van der Waals surface area contributed by atoms with Gasteiger partial charge in [0, 0.05) is 16.8 Å². The topological polar surface area (TPSA) is 68.0 Å². The number of benzene rings is 1. The molecule has 0 radical (unpaired) electrons. The number of anilines is 2. The molecule has 3 aromatic rings. The first-order chi connectivity index (χ1) is 11.3. The summed E-state index contributed by atoms with van der Waals surface area (Å²) in [5, 5.41) is 4.46. The number of thiophene rings is 1. The van der Waals surface area contributed by atoms with E-state index in [9.17, 15) is 4.79 Å². The van der Waals surface area contributed by atoms with Gasteiger partial charge in [0.05, 0.1) is 20.6 Å². The molecule has 0 spiro atoms. The predicted octanol–water partition coefficient (Wildman–Crippen LogP) is 5.36. The van der Waals surface area contributed by atoms with Crippen LogP contribution in [0.15, 0.2) is 18.2 Å². The number of aromatic nitrogens is 1. The molecule has 3 N–H and O–H groups in total. The maximum atomic E-state index is 12.7. The molecule has 4 nitrogen and oxygen atoms in total. The highest BCUT2D eigenvalue weighted by molar-refractivity contribution is 7.20. The van der Waals surface area contributed by atoms with Crippen molar-refractivity contribution in [2.75, 3.05) is 11.1 Å². The van der Waals surface area contributed by atoms with E-state index in [0.717, 1.165) is 27.0 Å². The molecule has 0 aliphatic carbocycles. The average Bonchev–Trinajstić information content (AvgIpc) is 2.81. The van der Waals surface area contributed by atoms with E-state index in [1.54, 1.807) is 12.1 Å². The van der Waals surface area contributed by atoms with Gasteiger partial charge in [0.25, 0.3) is 5.91 Å². The van der Waals surface area contributed by atoms with E-state index in [2.05, 4.69) is 10.3 Å². The van der Waals surface area contributed by atoms with Gasteiger partial charge in [-0.25, -0.2) is 4.98 Å². The largest absolute Gasteiger partial charge is 0.396 e. The second-order valence-electron chi connectivity index (χ2n) is 5.62. The van der Waals surface area contributed by atoms with Crippen molar-refractivity contribution in [2.45, 2.75) is 20.8 Å². The van der Waals surface area contributed by atoms with Gasteiger partial charge in [0.1, 0.15) is 4.83 Å². The summed E-state index contributed by atoms with van der Waals surface area (Å²) in [6.07, 6.45) is 0. The summed E-state index contributed by atoms with van der Waals surface area (Å²) in [6.45, 7) is 5.90. The lowest BCUT2D eigenvalue weighted by atomic mass is 10.1. The zero-order valence-corrected chi connectivity index (χ0v) is 15.7. The van der Waals surface area contributed by atoms with Crippen LogP contribution in [0.25, 0.3) is 10.2 Å². The number of nitrogen functional groups attached to an aromatic ring is 1. The van der Waals surface area contributed by atoms with Gasteiger partial charge in [0.2, 0.25) is 0 Å². The molecule has 0 unspecified atom stereocenters. The van der Waals surface area contributed by atoms with E-state index >= 15 is 0 Å². The maximum Gasteiger partial charge on any atom is 0.266 e. The second-order valence-corrected chi connectivity index (χ2v) is 7.44. The Balaban J connectivity index is 2.00. The van der Waals surface area contributed by atoms with E-state index in [1.165, 1.54) is 11.3 Å². The molecule has 24 heavy (non-hydrogen) atoms. The number of nitrogens with zero attached hydrogens (tertiary/aromatic N) is 1. The van der Waals surface area contributed by atoms with E-state index < -0.39 is 0 Å². The molecule has 1 amide bonds. The lowest BCUT2D eigenvalue weighted by molar-refractivity contribution is 0.103. The van der Waals surface area contributed by atoms with E-state index in [4.69, 9.17) is 28.9 Å². The SMILES string of the molecule is Cc1cc(C)c2c(C)c(C(=O)Nc3cc(Cl)c(N)c(Cl)c3)sc2n1. The van der Waals surface area contributed by atoms with Gasteiger partial charge in [-0.3, -0.25) is 4.79 Å². The van der Waals surface area contributed by atoms with E-state index in [0.29, 0.717) is 26.3 Å². The minimum atomic E-state index is -0.218. The standard InChI is InChI=1S/C17H15Cl2N3OS/c1-7-4-8(2)21-17-13(7)9(3)15(24-17)16(23)22-10-5-11(18)14(20)12(19)6-10/h4-6H,20H2,1-3H3,(H,22,23). The molecular formula is C17H15Cl2N3OS. The Morgan fingerprint density at radius 1 is 1.17 bits per heavy atom. The molecule has 0 saturated heterocycles. The second kappa shape index (κ2) is 6.24. The van der Waals surface area contributed by atoms with Crippen molar-refractivity contribution in [1.29, 1.82) is 0 Å². The number of amides is 1. The molecule has 0 atom stereocenters. The summed E-state index contributed by atoms with van der Waals surface area (Å²) >= 11 is 13.4. The zero-order valence-electron chi connectivity index (χ0n) is 13.3. The minimum absolute atomic E-state index is 0.218. The van der Waals surface area contributed by atoms with Crippen LogP contribution in [0.3, 0.4) is 0 Å². The van der Waals surface area contributed by atoms with Crippen molar-refractivity contribution in [3.63, 3.8) is 0 Å². The first kappa shape index (κ1) is 17.0. The monoisotopic (exact) mass is 379 g/mol. The molecule has 124 valence electrons. The van der Waals surface area contributed by atoms with Crippen LogP contribution in [0.5, 0.6) is 0 Å². The molecule has 3 rings (SSSR count). The molecule has 0 aliphatic rings. The Bertz CT molecular complexity index is 959. The Hall–Kier alpha value is -1.82. The van der Waals surface area contributed by atoms with Gasteiger partial charge in [-0.15, -0.1) is 11.3 Å². The van der Waals surface area contributed by atoms with Crippen LogP contribution in [0, 0.1) is 20.8 Å². The molecule has 2 heterocycles. The molecule has 1 aromatic carbocycles. The Morgan fingerprint density at radius 2 is 1.79 bits per heavy atom. The Labute approximate surface area is 153 Å². The lowest BCUT2D eigenvalue weighted by Gasteiger charge is -2.08. The van der Waals surface area contributed by atoms with Crippen LogP contribution >= 0.6 is 34.5 Å². The number of nitrogens with one attached hydrogen (secondary N) is 1. The Morgan fingerprint density at radius 3 is 2.42 bits per heavy atom. The number of nitrogens with two attached hydrogens (primary N) is 1. The Kier molecular flexibility index (Phi) is 4.42. The zero-order chi connectivity index (χ0) is 17.6. The van der Waals surface area contributed by atoms with Crippen LogP contribution in [-0.2, 0) is 0 Å². The molecule has 0 saturated carbocycles. The third-order valence-corrected chi connectivity index (χ3v) is 5.58. The summed E-state index contributed by atoms with van der Waals surface area (Å²) < 4.78 is 0. The van der Waals surface area contributed by atoms with Gasteiger partial charge in [-0.1, -0.05) is 23.2 Å². The van der Waals surface area contributed by atoms with Gasteiger partial charge < -0.3 is 11.1 Å². The highest BCUT2D eigenvalue weighted by Crippen LogP contribution is 2.34. The minimum Gasteiger partial charge on any atom is -0.396 e. The average molecular weight is 380 g/mol. The van der Waals surface area contributed by atoms with Crippen LogP contribution in [0.1, 0.15) is 26.5 Å². The fourth-order valence-corrected chi connectivity index (χ4v) is 4.37. The molecule has 0 bridgehead atoms. The number of aryl methyl sites for hydroxylation is 3. The van der Waals surface area contributed by atoms with Gasteiger partial charge in [-0.05, 0) is 50.1 Å². The fraction of sp³-hybridized carbons (Fsp3) is 0.176. The van der Waals surface area contributed by atoms with Crippen molar-refractivity contribution < 1.29 is 4.79 Å². The molecule has 7 heteroatoms. The maximum absolute atomic E-state index is 12.7.